The third kappa shape index (κ3) is 3.91. The molecule has 4 aromatic rings. The molecule has 0 N–H and O–H groups in total. The van der Waals surface area contributed by atoms with E-state index in [2.05, 4.69) is 79.7 Å². The number of halogens is 2. The van der Waals surface area contributed by atoms with Crippen LogP contribution in [0.1, 0.15) is 34.7 Å². The normalized spacial score (nSPS) is 19.7. The molecule has 7 heteroatoms. The summed E-state index contributed by atoms with van der Waals surface area (Å²) in [6.07, 6.45) is 0. The number of fused-ring (bicyclic) bond motifs is 2. The van der Waals surface area contributed by atoms with Crippen LogP contribution in [0, 0.1) is 6.92 Å². The van der Waals surface area contributed by atoms with Gasteiger partial charge in [-0.2, -0.15) is 5.10 Å². The Morgan fingerprint density at radius 3 is 1.86 bits per heavy atom. The van der Waals surface area contributed by atoms with E-state index in [9.17, 15) is 4.79 Å². The standard InChI is InChI=1S/C30H22Cl2N2OS2/c1-19-7-17-25(18-8-19)34-30(36-28(33-34)20(2)35)27-6-4-3-5-26(27)29(37-30,21-9-13-23(31)14-10-21)22-11-15-24(32)16-12-22/h3-18H,1-2H3/t30-/m0/s1. The van der Waals surface area contributed by atoms with Gasteiger partial charge in [-0.25, -0.2) is 5.01 Å². The Hall–Kier alpha value is -2.70. The molecule has 3 nitrogen and oxygen atoms in total. The number of hydrazone groups is 1. The minimum atomic E-state index is -0.702. The molecule has 2 heterocycles. The number of rotatable bonds is 4. The molecule has 6 rings (SSSR count). The number of carbonyl (C=O) groups is 1. The molecule has 37 heavy (non-hydrogen) atoms. The Labute approximate surface area is 234 Å². The summed E-state index contributed by atoms with van der Waals surface area (Å²) in [5.41, 5.74) is 6.53. The molecule has 0 saturated heterocycles. The minimum Gasteiger partial charge on any atom is -0.292 e. The first kappa shape index (κ1) is 24.6. The third-order valence-electron chi connectivity index (χ3n) is 6.72. The number of hydrogen-bond acceptors (Lipinski definition) is 5. The Morgan fingerprint density at radius 1 is 0.784 bits per heavy atom. The van der Waals surface area contributed by atoms with Crippen molar-refractivity contribution in [2.24, 2.45) is 5.10 Å². The van der Waals surface area contributed by atoms with Crippen molar-refractivity contribution in [1.82, 2.24) is 0 Å². The van der Waals surface area contributed by atoms with Gasteiger partial charge in [-0.15, -0.1) is 0 Å². The zero-order chi connectivity index (χ0) is 25.8. The van der Waals surface area contributed by atoms with E-state index in [0.29, 0.717) is 15.1 Å². The quantitative estimate of drug-likeness (QED) is 0.250. The molecule has 0 amide bonds. The molecule has 4 aromatic carbocycles. The largest absolute Gasteiger partial charge is 0.292 e. The molecule has 1 spiro atoms. The molecule has 0 unspecified atom stereocenters. The summed E-state index contributed by atoms with van der Waals surface area (Å²) in [4.78, 5) is 12.7. The molecule has 0 radical (unpaired) electrons. The van der Waals surface area contributed by atoms with Crippen molar-refractivity contribution >= 4 is 63.2 Å². The zero-order valence-corrected chi connectivity index (χ0v) is 23.3. The van der Waals surface area contributed by atoms with Gasteiger partial charge in [0, 0.05) is 22.5 Å². The van der Waals surface area contributed by atoms with Crippen LogP contribution in [0.4, 0.5) is 5.69 Å². The van der Waals surface area contributed by atoms with E-state index in [1.165, 1.54) is 11.8 Å². The number of Topliss-reactive ketones (excluding diaryl/α,β-unsaturated/α-hetero) is 1. The van der Waals surface area contributed by atoms with Gasteiger partial charge in [0.25, 0.3) is 0 Å². The van der Waals surface area contributed by atoms with Crippen LogP contribution in [0.3, 0.4) is 0 Å². The molecular formula is C30H22Cl2N2OS2. The van der Waals surface area contributed by atoms with Crippen LogP contribution in [-0.4, -0.2) is 10.8 Å². The molecule has 0 bridgehead atoms. The Bertz CT molecular complexity index is 1490. The van der Waals surface area contributed by atoms with E-state index >= 15 is 0 Å². The van der Waals surface area contributed by atoms with Crippen molar-refractivity contribution in [2.45, 2.75) is 22.8 Å². The molecule has 2 aliphatic rings. The summed E-state index contributed by atoms with van der Waals surface area (Å²) in [5.74, 6) is -0.0486. The van der Waals surface area contributed by atoms with Gasteiger partial charge >= 0.3 is 0 Å². The lowest BCUT2D eigenvalue weighted by Gasteiger charge is -2.37. The number of ketones is 1. The topological polar surface area (TPSA) is 32.7 Å². The highest BCUT2D eigenvalue weighted by Crippen LogP contribution is 2.70. The number of carbonyl (C=O) groups excluding carboxylic acids is 1. The smallest absolute Gasteiger partial charge is 0.187 e. The number of thioether (sulfide) groups is 2. The first-order chi connectivity index (χ1) is 17.8. The third-order valence-corrected chi connectivity index (χ3v) is 10.6. The number of nitrogens with zero attached hydrogens (tertiary/aromatic N) is 2. The van der Waals surface area contributed by atoms with E-state index < -0.39 is 8.95 Å². The maximum atomic E-state index is 12.7. The highest BCUT2D eigenvalue weighted by atomic mass is 35.5. The summed E-state index contributed by atoms with van der Waals surface area (Å²) in [6.45, 7) is 3.64. The average Bonchev–Trinajstić information content (AvgIpc) is 3.43. The maximum Gasteiger partial charge on any atom is 0.187 e. The fourth-order valence-electron chi connectivity index (χ4n) is 4.99. The summed E-state index contributed by atoms with van der Waals surface area (Å²) in [7, 11) is 0. The molecule has 0 fully saturated rings. The van der Waals surface area contributed by atoms with Gasteiger partial charge in [0.1, 0.15) is 0 Å². The number of aryl methyl sites for hydroxylation is 1. The molecular weight excluding hydrogens is 539 g/mol. The van der Waals surface area contributed by atoms with Gasteiger partial charge in [-0.3, -0.25) is 4.79 Å². The van der Waals surface area contributed by atoms with E-state index in [4.69, 9.17) is 28.3 Å². The van der Waals surface area contributed by atoms with Crippen LogP contribution < -0.4 is 5.01 Å². The SMILES string of the molecule is CC(=O)C1=NN(c2ccc(C)cc2)[C@@]2(S1)SC(c1ccc(Cl)cc1)(c1ccc(Cl)cc1)c1ccccc12. The van der Waals surface area contributed by atoms with Crippen LogP contribution in [-0.2, 0) is 13.7 Å². The molecule has 2 aliphatic heterocycles. The van der Waals surface area contributed by atoms with E-state index in [0.717, 1.165) is 33.5 Å². The van der Waals surface area contributed by atoms with Crippen LogP contribution in [0.15, 0.2) is 102 Å². The van der Waals surface area contributed by atoms with Crippen molar-refractivity contribution in [1.29, 1.82) is 0 Å². The molecule has 0 saturated carbocycles. The van der Waals surface area contributed by atoms with Crippen molar-refractivity contribution in [2.75, 3.05) is 5.01 Å². The Balaban J connectivity index is 1.64. The van der Waals surface area contributed by atoms with Crippen molar-refractivity contribution in [3.05, 3.63) is 135 Å². The summed E-state index contributed by atoms with van der Waals surface area (Å²) < 4.78 is -1.30. The lowest BCUT2D eigenvalue weighted by Crippen LogP contribution is -2.34. The van der Waals surface area contributed by atoms with Gasteiger partial charge in [-0.05, 0) is 60.0 Å². The fourth-order valence-corrected chi connectivity index (χ4v) is 8.80. The predicted octanol–water partition coefficient (Wildman–Crippen LogP) is 8.61. The summed E-state index contributed by atoms with van der Waals surface area (Å²) in [5, 5.41) is 8.77. The predicted molar refractivity (Wildman–Crippen MR) is 158 cm³/mol. The fraction of sp³-hybridized carbons (Fsp3) is 0.133. The van der Waals surface area contributed by atoms with E-state index in [-0.39, 0.29) is 5.78 Å². The summed E-state index contributed by atoms with van der Waals surface area (Å²) in [6, 6.07) is 32.8. The van der Waals surface area contributed by atoms with Crippen LogP contribution >= 0.6 is 46.7 Å². The average molecular weight is 562 g/mol. The molecule has 0 aromatic heterocycles. The number of hydrogen-bond donors (Lipinski definition) is 0. The van der Waals surface area contributed by atoms with Crippen LogP contribution in [0.5, 0.6) is 0 Å². The lowest BCUT2D eigenvalue weighted by atomic mass is 9.82. The van der Waals surface area contributed by atoms with Crippen LogP contribution in [0.2, 0.25) is 10.0 Å². The van der Waals surface area contributed by atoms with Crippen LogP contribution in [0.25, 0.3) is 0 Å². The highest BCUT2D eigenvalue weighted by molar-refractivity contribution is 8.27. The zero-order valence-electron chi connectivity index (χ0n) is 20.1. The van der Waals surface area contributed by atoms with E-state index in [1.54, 1.807) is 18.7 Å². The highest BCUT2D eigenvalue weighted by Gasteiger charge is 2.61. The number of anilines is 1. The Kier molecular flexibility index (Phi) is 6.15. The molecule has 184 valence electrons. The van der Waals surface area contributed by atoms with Crippen molar-refractivity contribution in [3.63, 3.8) is 0 Å². The van der Waals surface area contributed by atoms with Gasteiger partial charge in [-0.1, -0.05) is 113 Å². The molecule has 1 atom stereocenters. The first-order valence-electron chi connectivity index (χ1n) is 11.8. The van der Waals surface area contributed by atoms with Crippen molar-refractivity contribution < 1.29 is 4.79 Å². The lowest BCUT2D eigenvalue weighted by molar-refractivity contribution is -0.110. The summed E-state index contributed by atoms with van der Waals surface area (Å²) >= 11 is 16.0. The van der Waals surface area contributed by atoms with Gasteiger partial charge in [0.05, 0.1) is 10.4 Å². The van der Waals surface area contributed by atoms with Crippen molar-refractivity contribution in [3.8, 4) is 0 Å². The second kappa shape index (κ2) is 9.25. The second-order valence-corrected chi connectivity index (χ2v) is 12.9. The molecule has 0 aliphatic carbocycles. The second-order valence-electron chi connectivity index (χ2n) is 9.14. The van der Waals surface area contributed by atoms with E-state index in [1.807, 2.05) is 29.3 Å². The monoisotopic (exact) mass is 560 g/mol. The first-order valence-corrected chi connectivity index (χ1v) is 14.2. The Morgan fingerprint density at radius 2 is 1.32 bits per heavy atom. The maximum absolute atomic E-state index is 12.7. The van der Waals surface area contributed by atoms with Gasteiger partial charge in [0.15, 0.2) is 15.0 Å². The minimum absolute atomic E-state index is 0.0486. The van der Waals surface area contributed by atoms with Gasteiger partial charge in [0.2, 0.25) is 0 Å². The number of benzene rings is 4. The van der Waals surface area contributed by atoms with Gasteiger partial charge < -0.3 is 0 Å².